The van der Waals surface area contributed by atoms with Crippen LogP contribution >= 0.6 is 0 Å². The van der Waals surface area contributed by atoms with Gasteiger partial charge in [-0.3, -0.25) is 14.5 Å². The average molecular weight is 414 g/mol. The zero-order chi connectivity index (χ0) is 21.0. The molecule has 2 heterocycles. The normalized spacial score (nSPS) is 19.2. The Balaban J connectivity index is 1.69. The van der Waals surface area contributed by atoms with Crippen LogP contribution in [0.1, 0.15) is 18.4 Å². The predicted octanol–water partition coefficient (Wildman–Crippen LogP) is 1.85. The van der Waals surface area contributed by atoms with Gasteiger partial charge in [-0.05, 0) is 44.1 Å². The van der Waals surface area contributed by atoms with Crippen LogP contribution in [0.5, 0.6) is 0 Å². The van der Waals surface area contributed by atoms with Gasteiger partial charge in [0, 0.05) is 37.8 Å². The second-order valence-electron chi connectivity index (χ2n) is 7.40. The molecule has 7 nitrogen and oxygen atoms in total. The van der Waals surface area contributed by atoms with Crippen molar-refractivity contribution in [1.29, 1.82) is 0 Å². The number of piperidine rings is 1. The fraction of sp³-hybridized carbons (Fsp3) is 0.579. The van der Waals surface area contributed by atoms with E-state index in [2.05, 4.69) is 10.6 Å². The average Bonchev–Trinajstić information content (AvgIpc) is 2.68. The Morgan fingerprint density at radius 2 is 1.79 bits per heavy atom. The van der Waals surface area contributed by atoms with Crippen LogP contribution < -0.4 is 15.5 Å². The summed E-state index contributed by atoms with van der Waals surface area (Å²) in [5.74, 6) is -1.83. The smallest absolute Gasteiger partial charge is 0.418 e. The standard InChI is InChI=1S/C19H25F3N4O3/c20-19(21,22)15-11-14(26-9-5-23-6-10-26)1-2-16(15)24-18(29)13-3-7-25(8-4-13)12-17(27)28/h1-2,11,13,23H,3-10,12H2,(H,24,29)(H,27,28). The topological polar surface area (TPSA) is 84.9 Å². The number of anilines is 2. The number of hydrogen-bond acceptors (Lipinski definition) is 5. The van der Waals surface area contributed by atoms with E-state index < -0.39 is 29.5 Å². The zero-order valence-electron chi connectivity index (χ0n) is 16.0. The maximum Gasteiger partial charge on any atom is 0.418 e. The number of carboxylic acids is 1. The highest BCUT2D eigenvalue weighted by Gasteiger charge is 2.35. The summed E-state index contributed by atoms with van der Waals surface area (Å²) in [5, 5.41) is 14.4. The number of carbonyl (C=O) groups excluding carboxylic acids is 1. The van der Waals surface area contributed by atoms with Gasteiger partial charge < -0.3 is 20.6 Å². The quantitative estimate of drug-likeness (QED) is 0.682. The third-order valence-electron chi connectivity index (χ3n) is 5.37. The number of aliphatic carboxylic acids is 1. The highest BCUT2D eigenvalue weighted by molar-refractivity contribution is 5.93. The molecule has 2 aliphatic heterocycles. The molecule has 1 aromatic carbocycles. The monoisotopic (exact) mass is 414 g/mol. The van der Waals surface area contributed by atoms with E-state index >= 15 is 0 Å². The fourth-order valence-corrected chi connectivity index (χ4v) is 3.77. The summed E-state index contributed by atoms with van der Waals surface area (Å²) in [6, 6.07) is 4.01. The molecule has 3 rings (SSSR count). The summed E-state index contributed by atoms with van der Waals surface area (Å²) in [5.41, 5.74) is -0.613. The number of carbonyl (C=O) groups is 2. The fourth-order valence-electron chi connectivity index (χ4n) is 3.77. The first kappa shape index (κ1) is 21.4. The second kappa shape index (κ2) is 9.00. The van der Waals surface area contributed by atoms with Gasteiger partial charge in [0.15, 0.2) is 0 Å². The van der Waals surface area contributed by atoms with Gasteiger partial charge in [-0.15, -0.1) is 0 Å². The van der Waals surface area contributed by atoms with Crippen molar-refractivity contribution < 1.29 is 27.9 Å². The summed E-state index contributed by atoms with van der Waals surface area (Å²) in [4.78, 5) is 26.9. The molecule has 1 aromatic rings. The lowest BCUT2D eigenvalue weighted by molar-refractivity contribution is -0.139. The molecule has 10 heteroatoms. The number of nitrogens with zero attached hydrogens (tertiary/aromatic N) is 2. The molecule has 0 saturated carbocycles. The van der Waals surface area contributed by atoms with E-state index in [1.807, 2.05) is 4.90 Å². The first-order valence-electron chi connectivity index (χ1n) is 9.66. The summed E-state index contributed by atoms with van der Waals surface area (Å²) >= 11 is 0. The molecule has 0 spiro atoms. The van der Waals surface area contributed by atoms with Crippen molar-refractivity contribution in [2.24, 2.45) is 5.92 Å². The first-order chi connectivity index (χ1) is 13.7. The lowest BCUT2D eigenvalue weighted by Crippen LogP contribution is -2.43. The molecular formula is C19H25F3N4O3. The molecule has 2 saturated heterocycles. The highest BCUT2D eigenvalue weighted by Crippen LogP contribution is 2.38. The summed E-state index contributed by atoms with van der Waals surface area (Å²) in [7, 11) is 0. The van der Waals surface area contributed by atoms with E-state index in [9.17, 15) is 22.8 Å². The predicted molar refractivity (Wildman–Crippen MR) is 102 cm³/mol. The maximum atomic E-state index is 13.6. The van der Waals surface area contributed by atoms with Gasteiger partial charge in [-0.2, -0.15) is 13.2 Å². The molecule has 29 heavy (non-hydrogen) atoms. The van der Waals surface area contributed by atoms with Crippen LogP contribution in [0.2, 0.25) is 0 Å². The van der Waals surface area contributed by atoms with Crippen LogP contribution in [-0.2, 0) is 15.8 Å². The third kappa shape index (κ3) is 5.60. The van der Waals surface area contributed by atoms with Crippen LogP contribution in [-0.4, -0.2) is 67.7 Å². The van der Waals surface area contributed by atoms with Crippen molar-refractivity contribution >= 4 is 23.3 Å². The van der Waals surface area contributed by atoms with E-state index in [0.29, 0.717) is 57.8 Å². The number of hydrogen-bond donors (Lipinski definition) is 3. The van der Waals surface area contributed by atoms with Crippen LogP contribution in [0.15, 0.2) is 18.2 Å². The number of benzene rings is 1. The van der Waals surface area contributed by atoms with Crippen molar-refractivity contribution in [3.8, 4) is 0 Å². The molecule has 2 fully saturated rings. The Morgan fingerprint density at radius 1 is 1.14 bits per heavy atom. The largest absolute Gasteiger partial charge is 0.480 e. The molecular weight excluding hydrogens is 389 g/mol. The SMILES string of the molecule is O=C(O)CN1CCC(C(=O)Nc2ccc(N3CCNCC3)cc2C(F)(F)F)CC1. The minimum Gasteiger partial charge on any atom is -0.480 e. The number of amides is 1. The van der Waals surface area contributed by atoms with Crippen molar-refractivity contribution in [3.05, 3.63) is 23.8 Å². The van der Waals surface area contributed by atoms with Gasteiger partial charge in [0.1, 0.15) is 0 Å². The Bertz CT molecular complexity index is 743. The minimum atomic E-state index is -4.59. The van der Waals surface area contributed by atoms with Gasteiger partial charge in [0.25, 0.3) is 0 Å². The van der Waals surface area contributed by atoms with E-state index in [1.165, 1.54) is 6.07 Å². The first-order valence-corrected chi connectivity index (χ1v) is 9.66. The van der Waals surface area contributed by atoms with Crippen molar-refractivity contribution in [1.82, 2.24) is 10.2 Å². The second-order valence-corrected chi connectivity index (χ2v) is 7.40. The molecule has 3 N–H and O–H groups in total. The van der Waals surface area contributed by atoms with Gasteiger partial charge in [0.2, 0.25) is 5.91 Å². The number of halogens is 3. The summed E-state index contributed by atoms with van der Waals surface area (Å²) in [6.45, 7) is 3.42. The molecule has 0 radical (unpaired) electrons. The summed E-state index contributed by atoms with van der Waals surface area (Å²) in [6.07, 6.45) is -3.75. The molecule has 1 amide bonds. The molecule has 0 aromatic heterocycles. The number of likely N-dealkylation sites (tertiary alicyclic amines) is 1. The Morgan fingerprint density at radius 3 is 2.38 bits per heavy atom. The summed E-state index contributed by atoms with van der Waals surface area (Å²) < 4.78 is 40.8. The highest BCUT2D eigenvalue weighted by atomic mass is 19.4. The van der Waals surface area contributed by atoms with Gasteiger partial charge in [0.05, 0.1) is 17.8 Å². The van der Waals surface area contributed by atoms with E-state index in [0.717, 1.165) is 6.07 Å². The Hall–Kier alpha value is -2.33. The number of piperazine rings is 1. The number of alkyl halides is 3. The third-order valence-corrected chi connectivity index (χ3v) is 5.37. The maximum absolute atomic E-state index is 13.6. The molecule has 0 aliphatic carbocycles. The Labute approximate surface area is 166 Å². The molecule has 0 atom stereocenters. The van der Waals surface area contributed by atoms with E-state index in [1.54, 1.807) is 11.0 Å². The Kier molecular flexibility index (Phi) is 6.63. The van der Waals surface area contributed by atoms with Gasteiger partial charge >= 0.3 is 12.1 Å². The molecule has 0 unspecified atom stereocenters. The van der Waals surface area contributed by atoms with Crippen LogP contribution in [0.3, 0.4) is 0 Å². The zero-order valence-corrected chi connectivity index (χ0v) is 16.0. The van der Waals surface area contributed by atoms with Crippen LogP contribution in [0, 0.1) is 5.92 Å². The lowest BCUT2D eigenvalue weighted by Gasteiger charge is -2.31. The number of carboxylic acid groups (broad SMARTS) is 1. The molecule has 0 bridgehead atoms. The number of rotatable bonds is 5. The van der Waals surface area contributed by atoms with E-state index in [4.69, 9.17) is 5.11 Å². The lowest BCUT2D eigenvalue weighted by atomic mass is 9.95. The molecule has 160 valence electrons. The van der Waals surface area contributed by atoms with Gasteiger partial charge in [-0.1, -0.05) is 0 Å². The van der Waals surface area contributed by atoms with E-state index in [-0.39, 0.29) is 12.2 Å². The van der Waals surface area contributed by atoms with Crippen LogP contribution in [0.4, 0.5) is 24.5 Å². The molecule has 2 aliphatic rings. The van der Waals surface area contributed by atoms with Crippen LogP contribution in [0.25, 0.3) is 0 Å². The van der Waals surface area contributed by atoms with Gasteiger partial charge in [-0.25, -0.2) is 0 Å². The minimum absolute atomic E-state index is 0.0972. The van der Waals surface area contributed by atoms with Crippen molar-refractivity contribution in [3.63, 3.8) is 0 Å². The van der Waals surface area contributed by atoms with Crippen molar-refractivity contribution in [2.75, 3.05) is 56.0 Å². The number of nitrogens with one attached hydrogen (secondary N) is 2. The van der Waals surface area contributed by atoms with Crippen molar-refractivity contribution in [2.45, 2.75) is 19.0 Å².